The molecule has 3 atom stereocenters. The lowest BCUT2D eigenvalue weighted by Crippen LogP contribution is -2.46. The van der Waals surface area contributed by atoms with Crippen LogP contribution < -0.4 is 5.32 Å². The summed E-state index contributed by atoms with van der Waals surface area (Å²) in [6.07, 6.45) is 40.2. The third kappa shape index (κ3) is 35.6. The Balaban J connectivity index is 4.54. The number of aliphatic hydroxyl groups excluding tert-OH is 2. The van der Waals surface area contributed by atoms with Gasteiger partial charge < -0.3 is 20.3 Å². The lowest BCUT2D eigenvalue weighted by molar-refractivity contribution is -0.151. The summed E-state index contributed by atoms with van der Waals surface area (Å²) in [7, 11) is 0. The van der Waals surface area contributed by atoms with Gasteiger partial charge in [-0.3, -0.25) is 9.59 Å². The highest BCUT2D eigenvalue weighted by Crippen LogP contribution is 2.18. The first-order chi connectivity index (χ1) is 25.0. The summed E-state index contributed by atoms with van der Waals surface area (Å²) in [6, 6.07) is -0.689. The first-order valence-corrected chi connectivity index (χ1v) is 22.8. The lowest BCUT2D eigenvalue weighted by atomic mass is 10.0. The number of carbonyl (C=O) groups excluding carboxylic acids is 2. The van der Waals surface area contributed by atoms with Gasteiger partial charge in [0.15, 0.2) is 0 Å². The molecule has 304 valence electrons. The van der Waals surface area contributed by atoms with E-state index in [-0.39, 0.29) is 24.9 Å². The Morgan fingerprint density at radius 3 is 1.20 bits per heavy atom. The van der Waals surface area contributed by atoms with Crippen molar-refractivity contribution in [2.45, 2.75) is 270 Å². The van der Waals surface area contributed by atoms with Crippen molar-refractivity contribution in [1.29, 1.82) is 0 Å². The highest BCUT2D eigenvalue weighted by molar-refractivity contribution is 5.77. The van der Waals surface area contributed by atoms with Gasteiger partial charge in [-0.1, -0.05) is 213 Å². The molecule has 0 spiro atoms. The fraction of sp³-hybridized carbons (Fsp3) is 0.956. The molecule has 0 fully saturated rings. The summed E-state index contributed by atoms with van der Waals surface area (Å²) < 4.78 is 5.89. The van der Waals surface area contributed by atoms with Crippen molar-refractivity contribution < 1.29 is 24.5 Å². The maximum Gasteiger partial charge on any atom is 0.306 e. The molecule has 1 amide bonds. The highest BCUT2D eigenvalue weighted by Gasteiger charge is 2.24. The maximum absolute atomic E-state index is 13.1. The van der Waals surface area contributed by atoms with Crippen molar-refractivity contribution in [2.24, 2.45) is 0 Å². The van der Waals surface area contributed by atoms with E-state index in [1.807, 2.05) is 0 Å². The van der Waals surface area contributed by atoms with Gasteiger partial charge in [-0.05, 0) is 25.7 Å². The number of nitrogens with one attached hydrogen (secondary N) is 1. The molecule has 0 aliphatic carbocycles. The van der Waals surface area contributed by atoms with Crippen LogP contribution in [0.25, 0.3) is 0 Å². The predicted octanol–water partition coefficient (Wildman–Crippen LogP) is 12.8. The van der Waals surface area contributed by atoms with E-state index < -0.39 is 18.2 Å². The van der Waals surface area contributed by atoms with Gasteiger partial charge >= 0.3 is 5.97 Å². The minimum Gasteiger partial charge on any atom is -0.462 e. The molecule has 0 aromatic rings. The van der Waals surface area contributed by atoms with Crippen molar-refractivity contribution in [3.8, 4) is 0 Å². The average Bonchev–Trinajstić information content (AvgIpc) is 3.12. The third-order valence-corrected chi connectivity index (χ3v) is 10.7. The van der Waals surface area contributed by atoms with Crippen LogP contribution in [0.2, 0.25) is 0 Å². The summed E-state index contributed by atoms with van der Waals surface area (Å²) in [4.78, 5) is 25.9. The van der Waals surface area contributed by atoms with Crippen LogP contribution in [-0.2, 0) is 14.3 Å². The fourth-order valence-electron chi connectivity index (χ4n) is 7.20. The van der Waals surface area contributed by atoms with Gasteiger partial charge in [0.25, 0.3) is 0 Å². The molecule has 0 heterocycles. The van der Waals surface area contributed by atoms with E-state index in [4.69, 9.17) is 4.74 Å². The number of rotatable bonds is 41. The molecule has 3 unspecified atom stereocenters. The minimum absolute atomic E-state index is 0.0865. The van der Waals surface area contributed by atoms with Crippen LogP contribution in [0.15, 0.2) is 0 Å². The van der Waals surface area contributed by atoms with Gasteiger partial charge in [-0.25, -0.2) is 0 Å². The molecule has 6 nitrogen and oxygen atoms in total. The van der Waals surface area contributed by atoms with Crippen LogP contribution in [0.5, 0.6) is 0 Å². The minimum atomic E-state index is -0.776. The van der Waals surface area contributed by atoms with Gasteiger partial charge in [-0.15, -0.1) is 0 Å². The third-order valence-electron chi connectivity index (χ3n) is 10.7. The summed E-state index contributed by atoms with van der Waals surface area (Å²) in [5.41, 5.74) is 0. The second-order valence-electron chi connectivity index (χ2n) is 15.8. The van der Waals surface area contributed by atoms with Gasteiger partial charge in [0.2, 0.25) is 5.91 Å². The molecule has 0 saturated heterocycles. The van der Waals surface area contributed by atoms with Crippen LogP contribution in [-0.4, -0.2) is 46.9 Å². The molecule has 0 saturated carbocycles. The number of hydrogen-bond acceptors (Lipinski definition) is 5. The standard InChI is InChI=1S/C45H89NO5/c1-4-7-10-13-16-19-21-23-25-27-30-33-36-41(51-45(50)38-35-32-29-24-18-15-12-9-6-3)39-44(49)46-42(40-47)43(48)37-34-31-28-26-22-20-17-14-11-8-5-2/h41-43,47-48H,4-40H2,1-3H3,(H,46,49). The first kappa shape index (κ1) is 49.9. The molecule has 0 aromatic carbocycles. The van der Waals surface area contributed by atoms with Crippen molar-refractivity contribution >= 4 is 11.9 Å². The smallest absolute Gasteiger partial charge is 0.306 e. The van der Waals surface area contributed by atoms with Crippen molar-refractivity contribution in [2.75, 3.05) is 6.61 Å². The maximum atomic E-state index is 13.1. The van der Waals surface area contributed by atoms with Crippen LogP contribution in [0.4, 0.5) is 0 Å². The molecule has 0 radical (unpaired) electrons. The number of carbonyl (C=O) groups is 2. The number of unbranched alkanes of at least 4 members (excludes halogenated alkanes) is 29. The Morgan fingerprint density at radius 2 is 0.824 bits per heavy atom. The molecule has 0 aliphatic heterocycles. The molecule has 51 heavy (non-hydrogen) atoms. The molecule has 6 heteroatoms. The summed E-state index contributed by atoms with van der Waals surface area (Å²) in [5.74, 6) is -0.461. The largest absolute Gasteiger partial charge is 0.462 e. The molecule has 0 rings (SSSR count). The quantitative estimate of drug-likeness (QED) is 0.0431. The second kappa shape index (κ2) is 40.1. The zero-order valence-electron chi connectivity index (χ0n) is 34.5. The monoisotopic (exact) mass is 724 g/mol. The molecular weight excluding hydrogens is 634 g/mol. The van der Waals surface area contributed by atoms with Gasteiger partial charge in [0.1, 0.15) is 6.10 Å². The van der Waals surface area contributed by atoms with E-state index in [1.54, 1.807) is 0 Å². The van der Waals surface area contributed by atoms with E-state index in [0.717, 1.165) is 44.9 Å². The number of ether oxygens (including phenoxy) is 1. The summed E-state index contributed by atoms with van der Waals surface area (Å²) in [5, 5.41) is 23.6. The van der Waals surface area contributed by atoms with Crippen LogP contribution in [0, 0.1) is 0 Å². The van der Waals surface area contributed by atoms with E-state index in [0.29, 0.717) is 19.3 Å². The zero-order chi connectivity index (χ0) is 37.5. The first-order valence-electron chi connectivity index (χ1n) is 22.8. The number of esters is 1. The lowest BCUT2D eigenvalue weighted by Gasteiger charge is -2.24. The molecule has 0 bridgehead atoms. The van der Waals surface area contributed by atoms with Gasteiger partial charge in [0.05, 0.1) is 25.2 Å². The highest BCUT2D eigenvalue weighted by atomic mass is 16.5. The summed E-state index contributed by atoms with van der Waals surface area (Å²) >= 11 is 0. The van der Waals surface area contributed by atoms with Crippen molar-refractivity contribution in [3.63, 3.8) is 0 Å². The normalized spacial score (nSPS) is 13.3. The Bertz CT molecular complexity index is 731. The molecule has 0 aliphatic rings. The Hall–Kier alpha value is -1.14. The average molecular weight is 724 g/mol. The number of aliphatic hydroxyl groups is 2. The van der Waals surface area contributed by atoms with E-state index in [9.17, 15) is 19.8 Å². The van der Waals surface area contributed by atoms with E-state index >= 15 is 0 Å². The van der Waals surface area contributed by atoms with Crippen LogP contribution >= 0.6 is 0 Å². The molecular formula is C45H89NO5. The fourth-order valence-corrected chi connectivity index (χ4v) is 7.20. The Morgan fingerprint density at radius 1 is 0.490 bits per heavy atom. The topological polar surface area (TPSA) is 95.9 Å². The Kier molecular flexibility index (Phi) is 39.2. The molecule has 3 N–H and O–H groups in total. The Labute approximate surface area is 317 Å². The van der Waals surface area contributed by atoms with Crippen LogP contribution in [0.1, 0.15) is 252 Å². The predicted molar refractivity (Wildman–Crippen MR) is 218 cm³/mol. The van der Waals surface area contributed by atoms with Crippen molar-refractivity contribution in [1.82, 2.24) is 5.32 Å². The molecule has 0 aromatic heterocycles. The SMILES string of the molecule is CCCCCCCCCCCCCCC(CC(=O)NC(CO)C(O)CCCCCCCCCCCCC)OC(=O)CCCCCCCCCCC. The van der Waals surface area contributed by atoms with Gasteiger partial charge in [0, 0.05) is 6.42 Å². The van der Waals surface area contributed by atoms with Crippen molar-refractivity contribution in [3.05, 3.63) is 0 Å². The summed E-state index contributed by atoms with van der Waals surface area (Å²) in [6.45, 7) is 6.46. The zero-order valence-corrected chi connectivity index (χ0v) is 34.5. The van der Waals surface area contributed by atoms with Crippen LogP contribution in [0.3, 0.4) is 0 Å². The van der Waals surface area contributed by atoms with E-state index in [2.05, 4.69) is 26.1 Å². The van der Waals surface area contributed by atoms with E-state index in [1.165, 1.54) is 161 Å². The van der Waals surface area contributed by atoms with Gasteiger partial charge in [-0.2, -0.15) is 0 Å². The number of hydrogen-bond donors (Lipinski definition) is 3. The second-order valence-corrected chi connectivity index (χ2v) is 15.8. The number of amides is 1.